The zero-order chi connectivity index (χ0) is 16.4. The summed E-state index contributed by atoms with van der Waals surface area (Å²) >= 11 is 1.24. The molecule has 0 aliphatic heterocycles. The van der Waals surface area contributed by atoms with Gasteiger partial charge in [-0.3, -0.25) is 0 Å². The molecule has 0 saturated heterocycles. The molecule has 2 aromatic heterocycles. The Morgan fingerprint density at radius 1 is 1.35 bits per heavy atom. The normalized spacial score (nSPS) is 10.7. The number of halogens is 1. The molecule has 1 N–H and O–H groups in total. The van der Waals surface area contributed by atoms with Crippen molar-refractivity contribution in [2.75, 3.05) is 11.9 Å². The van der Waals surface area contributed by atoms with Gasteiger partial charge in [-0.2, -0.15) is 0 Å². The Kier molecular flexibility index (Phi) is 4.20. The summed E-state index contributed by atoms with van der Waals surface area (Å²) in [6.45, 7) is 3.87. The zero-order valence-electron chi connectivity index (χ0n) is 12.6. The van der Waals surface area contributed by atoms with E-state index in [0.29, 0.717) is 33.2 Å². The van der Waals surface area contributed by atoms with Gasteiger partial charge in [-0.05, 0) is 31.5 Å². The summed E-state index contributed by atoms with van der Waals surface area (Å²) in [7, 11) is 0. The summed E-state index contributed by atoms with van der Waals surface area (Å²) in [5.74, 6) is -0.299. The molecule has 7 heteroatoms. The minimum Gasteiger partial charge on any atom is -0.462 e. The molecule has 118 valence electrons. The number of aromatic nitrogens is 2. The van der Waals surface area contributed by atoms with Crippen LogP contribution in [0.15, 0.2) is 30.6 Å². The standard InChI is InChI=1S/C16H14FN3O2S/c1-3-22-16(21)13-9(2)12-14(18-8-19-15(12)23-13)20-11-7-5-4-6-10(11)17/h4-8H,3H2,1-2H3,(H,18,19,20). The van der Waals surface area contributed by atoms with Gasteiger partial charge in [0.1, 0.15) is 27.7 Å². The van der Waals surface area contributed by atoms with E-state index in [9.17, 15) is 9.18 Å². The fraction of sp³-hybridized carbons (Fsp3) is 0.188. The Balaban J connectivity index is 2.08. The van der Waals surface area contributed by atoms with Crippen LogP contribution in [-0.2, 0) is 4.74 Å². The highest BCUT2D eigenvalue weighted by molar-refractivity contribution is 7.20. The monoisotopic (exact) mass is 331 g/mol. The van der Waals surface area contributed by atoms with E-state index in [2.05, 4.69) is 15.3 Å². The van der Waals surface area contributed by atoms with E-state index < -0.39 is 0 Å². The highest BCUT2D eigenvalue weighted by Crippen LogP contribution is 2.35. The second-order valence-electron chi connectivity index (χ2n) is 4.78. The second-order valence-corrected chi connectivity index (χ2v) is 5.78. The molecule has 0 unspecified atom stereocenters. The van der Waals surface area contributed by atoms with Crippen LogP contribution in [0.4, 0.5) is 15.9 Å². The predicted octanol–water partition coefficient (Wildman–Crippen LogP) is 4.06. The van der Waals surface area contributed by atoms with Crippen molar-refractivity contribution in [3.8, 4) is 0 Å². The summed E-state index contributed by atoms with van der Waals surface area (Å²) in [6, 6.07) is 6.33. The largest absolute Gasteiger partial charge is 0.462 e. The maximum Gasteiger partial charge on any atom is 0.348 e. The molecule has 23 heavy (non-hydrogen) atoms. The quantitative estimate of drug-likeness (QED) is 0.730. The molecule has 0 spiro atoms. The van der Waals surface area contributed by atoms with E-state index in [0.717, 1.165) is 5.56 Å². The number of para-hydroxylation sites is 1. The number of ether oxygens (including phenoxy) is 1. The average molecular weight is 331 g/mol. The van der Waals surface area contributed by atoms with Crippen molar-refractivity contribution in [3.05, 3.63) is 46.9 Å². The molecule has 0 aliphatic rings. The molecule has 1 aromatic carbocycles. The number of benzene rings is 1. The number of nitrogens with zero attached hydrogens (tertiary/aromatic N) is 2. The van der Waals surface area contributed by atoms with Gasteiger partial charge in [0, 0.05) is 0 Å². The minimum atomic E-state index is -0.384. The maximum absolute atomic E-state index is 13.8. The maximum atomic E-state index is 13.8. The molecule has 0 saturated carbocycles. The molecule has 0 radical (unpaired) electrons. The van der Waals surface area contributed by atoms with Crippen molar-refractivity contribution in [1.82, 2.24) is 9.97 Å². The van der Waals surface area contributed by atoms with Crippen molar-refractivity contribution in [3.63, 3.8) is 0 Å². The van der Waals surface area contributed by atoms with Gasteiger partial charge in [0.05, 0.1) is 17.7 Å². The van der Waals surface area contributed by atoms with Crippen LogP contribution in [0.5, 0.6) is 0 Å². The van der Waals surface area contributed by atoms with Gasteiger partial charge >= 0.3 is 5.97 Å². The SMILES string of the molecule is CCOC(=O)c1sc2ncnc(Nc3ccccc3F)c2c1C. The third kappa shape index (κ3) is 2.87. The van der Waals surface area contributed by atoms with Crippen molar-refractivity contribution >= 4 is 39.0 Å². The molecule has 5 nitrogen and oxygen atoms in total. The smallest absolute Gasteiger partial charge is 0.348 e. The van der Waals surface area contributed by atoms with Gasteiger partial charge in [0.15, 0.2) is 0 Å². The van der Waals surface area contributed by atoms with Gasteiger partial charge in [-0.1, -0.05) is 12.1 Å². The molecular formula is C16H14FN3O2S. The topological polar surface area (TPSA) is 64.1 Å². The molecule has 0 amide bonds. The summed E-state index contributed by atoms with van der Waals surface area (Å²) in [5, 5.41) is 3.67. The van der Waals surface area contributed by atoms with Gasteiger partial charge in [-0.25, -0.2) is 19.2 Å². The van der Waals surface area contributed by atoms with Crippen LogP contribution >= 0.6 is 11.3 Å². The zero-order valence-corrected chi connectivity index (χ0v) is 13.4. The van der Waals surface area contributed by atoms with Crippen LogP contribution in [0.1, 0.15) is 22.2 Å². The van der Waals surface area contributed by atoms with Crippen molar-refractivity contribution < 1.29 is 13.9 Å². The van der Waals surface area contributed by atoms with Crippen LogP contribution in [0.2, 0.25) is 0 Å². The number of esters is 1. The predicted molar refractivity (Wildman–Crippen MR) is 87.8 cm³/mol. The molecule has 0 aliphatic carbocycles. The number of rotatable bonds is 4. The first-order valence-electron chi connectivity index (χ1n) is 7.04. The van der Waals surface area contributed by atoms with E-state index in [1.807, 2.05) is 0 Å². The fourth-order valence-corrected chi connectivity index (χ4v) is 3.29. The summed E-state index contributed by atoms with van der Waals surface area (Å²) in [5.41, 5.74) is 1.04. The third-order valence-corrected chi connectivity index (χ3v) is 4.49. The molecule has 0 bridgehead atoms. The summed E-state index contributed by atoms with van der Waals surface area (Å²) in [4.78, 5) is 21.5. The number of fused-ring (bicyclic) bond motifs is 1. The van der Waals surface area contributed by atoms with Crippen LogP contribution < -0.4 is 5.32 Å². The number of aryl methyl sites for hydroxylation is 1. The van der Waals surface area contributed by atoms with E-state index in [1.165, 1.54) is 23.7 Å². The van der Waals surface area contributed by atoms with Crippen molar-refractivity contribution in [2.45, 2.75) is 13.8 Å². The van der Waals surface area contributed by atoms with Gasteiger partial charge in [0.2, 0.25) is 0 Å². The number of nitrogens with one attached hydrogen (secondary N) is 1. The van der Waals surface area contributed by atoms with Crippen molar-refractivity contribution in [2.24, 2.45) is 0 Å². The lowest BCUT2D eigenvalue weighted by Gasteiger charge is -2.08. The molecular weight excluding hydrogens is 317 g/mol. The van der Waals surface area contributed by atoms with Gasteiger partial charge in [-0.15, -0.1) is 11.3 Å². The Labute approximate surface area is 136 Å². The lowest BCUT2D eigenvalue weighted by atomic mass is 10.2. The average Bonchev–Trinajstić information content (AvgIpc) is 2.88. The lowest BCUT2D eigenvalue weighted by Crippen LogP contribution is -2.03. The second kappa shape index (κ2) is 6.29. The Bertz CT molecular complexity index is 879. The number of anilines is 2. The highest BCUT2D eigenvalue weighted by Gasteiger charge is 2.20. The number of hydrogen-bond donors (Lipinski definition) is 1. The van der Waals surface area contributed by atoms with Gasteiger partial charge in [0.25, 0.3) is 0 Å². The summed E-state index contributed by atoms with van der Waals surface area (Å²) < 4.78 is 18.9. The van der Waals surface area contributed by atoms with Crippen LogP contribution in [-0.4, -0.2) is 22.5 Å². The molecule has 3 rings (SSSR count). The third-order valence-electron chi connectivity index (χ3n) is 3.31. The van der Waals surface area contributed by atoms with Crippen LogP contribution in [0, 0.1) is 12.7 Å². The van der Waals surface area contributed by atoms with Gasteiger partial charge < -0.3 is 10.1 Å². The first-order chi connectivity index (χ1) is 11.1. The van der Waals surface area contributed by atoms with E-state index >= 15 is 0 Å². The number of hydrogen-bond acceptors (Lipinski definition) is 6. The Hall–Kier alpha value is -2.54. The van der Waals surface area contributed by atoms with E-state index in [4.69, 9.17) is 4.74 Å². The lowest BCUT2D eigenvalue weighted by molar-refractivity contribution is 0.0531. The van der Waals surface area contributed by atoms with Crippen LogP contribution in [0.25, 0.3) is 10.2 Å². The van der Waals surface area contributed by atoms with Crippen LogP contribution in [0.3, 0.4) is 0 Å². The number of thiophene rings is 1. The molecule has 0 fully saturated rings. The van der Waals surface area contributed by atoms with Crippen molar-refractivity contribution in [1.29, 1.82) is 0 Å². The first-order valence-corrected chi connectivity index (χ1v) is 7.86. The highest BCUT2D eigenvalue weighted by atomic mass is 32.1. The number of carbonyl (C=O) groups is 1. The fourth-order valence-electron chi connectivity index (χ4n) is 2.25. The number of carbonyl (C=O) groups excluding carboxylic acids is 1. The summed E-state index contributed by atoms with van der Waals surface area (Å²) in [6.07, 6.45) is 1.39. The van der Waals surface area contributed by atoms with E-state index in [1.54, 1.807) is 32.0 Å². The molecule has 0 atom stereocenters. The molecule has 2 heterocycles. The minimum absolute atomic E-state index is 0.304. The first kappa shape index (κ1) is 15.4. The Morgan fingerprint density at radius 2 is 2.13 bits per heavy atom. The Morgan fingerprint density at radius 3 is 2.87 bits per heavy atom. The van der Waals surface area contributed by atoms with E-state index in [-0.39, 0.29) is 11.8 Å². The molecule has 3 aromatic rings.